The molecule has 0 radical (unpaired) electrons. The van der Waals surface area contributed by atoms with Crippen molar-refractivity contribution in [2.24, 2.45) is 12.8 Å². The third kappa shape index (κ3) is 1.86. The maximum absolute atomic E-state index is 5.87. The van der Waals surface area contributed by atoms with E-state index in [2.05, 4.69) is 11.0 Å². The second-order valence-corrected chi connectivity index (χ2v) is 2.73. The normalized spacial score (nSPS) is 12.4. The van der Waals surface area contributed by atoms with Crippen molar-refractivity contribution in [2.75, 3.05) is 0 Å². The number of hydrogen-bond donors (Lipinski definition) is 1. The highest BCUT2D eigenvalue weighted by Gasteiger charge is 2.07. The third-order valence-corrected chi connectivity index (χ3v) is 1.84. The van der Waals surface area contributed by atoms with Crippen molar-refractivity contribution in [2.45, 2.75) is 18.9 Å². The van der Waals surface area contributed by atoms with Crippen molar-refractivity contribution >= 4 is 0 Å². The topological polar surface area (TPSA) is 43.8 Å². The number of terminal acetylenes is 1. The summed E-state index contributed by atoms with van der Waals surface area (Å²) in [5.74, 6) is 2.57. The monoisotopic (exact) mass is 163 g/mol. The summed E-state index contributed by atoms with van der Waals surface area (Å²) < 4.78 is 1.78. The highest BCUT2D eigenvalue weighted by Crippen LogP contribution is 2.13. The second kappa shape index (κ2) is 3.93. The number of aromatic nitrogens is 2. The molecule has 3 nitrogen and oxygen atoms in total. The summed E-state index contributed by atoms with van der Waals surface area (Å²) in [5.41, 5.74) is 6.90. The van der Waals surface area contributed by atoms with Crippen molar-refractivity contribution in [1.29, 1.82) is 0 Å². The van der Waals surface area contributed by atoms with E-state index in [1.165, 1.54) is 0 Å². The lowest BCUT2D eigenvalue weighted by molar-refractivity contribution is 0.590. The Balaban J connectivity index is 2.60. The van der Waals surface area contributed by atoms with Crippen LogP contribution >= 0.6 is 0 Å². The van der Waals surface area contributed by atoms with Crippen LogP contribution in [0.5, 0.6) is 0 Å². The molecule has 1 unspecified atom stereocenters. The van der Waals surface area contributed by atoms with Gasteiger partial charge in [-0.05, 0) is 12.5 Å². The molecule has 12 heavy (non-hydrogen) atoms. The van der Waals surface area contributed by atoms with Gasteiger partial charge in [0.1, 0.15) is 0 Å². The summed E-state index contributed by atoms with van der Waals surface area (Å²) in [6, 6.07) is 1.93. The summed E-state index contributed by atoms with van der Waals surface area (Å²) in [5, 5.41) is 4.03. The fourth-order valence-corrected chi connectivity index (χ4v) is 1.13. The Bertz CT molecular complexity index is 282. The Hall–Kier alpha value is -1.27. The number of hydrogen-bond acceptors (Lipinski definition) is 2. The van der Waals surface area contributed by atoms with Gasteiger partial charge in [0.2, 0.25) is 0 Å². The van der Waals surface area contributed by atoms with Crippen LogP contribution in [0.25, 0.3) is 0 Å². The van der Waals surface area contributed by atoms with Gasteiger partial charge in [-0.1, -0.05) is 0 Å². The molecule has 0 aliphatic heterocycles. The van der Waals surface area contributed by atoms with E-state index in [1.54, 1.807) is 10.9 Å². The highest BCUT2D eigenvalue weighted by molar-refractivity contribution is 5.06. The lowest BCUT2D eigenvalue weighted by Gasteiger charge is -2.09. The molecule has 0 saturated heterocycles. The van der Waals surface area contributed by atoms with E-state index < -0.39 is 0 Å². The minimum Gasteiger partial charge on any atom is -0.323 e. The standard InChI is InChI=1S/C9H13N3/c1-3-4-5-8(10)9-6-7-11-12(9)2/h1,6-8H,4-5,10H2,2H3. The molecule has 64 valence electrons. The zero-order chi connectivity index (χ0) is 8.97. The van der Waals surface area contributed by atoms with Crippen LogP contribution in [-0.2, 0) is 7.05 Å². The molecular formula is C9H13N3. The molecule has 1 aromatic rings. The molecule has 0 aromatic carbocycles. The van der Waals surface area contributed by atoms with Crippen LogP contribution < -0.4 is 5.73 Å². The van der Waals surface area contributed by atoms with E-state index in [0.29, 0.717) is 6.42 Å². The maximum Gasteiger partial charge on any atom is 0.0548 e. The van der Waals surface area contributed by atoms with Crippen molar-refractivity contribution in [1.82, 2.24) is 9.78 Å². The predicted molar refractivity (Wildman–Crippen MR) is 48.2 cm³/mol. The summed E-state index contributed by atoms with van der Waals surface area (Å²) in [6.07, 6.45) is 8.41. The zero-order valence-corrected chi connectivity index (χ0v) is 7.20. The molecule has 0 aliphatic rings. The fourth-order valence-electron chi connectivity index (χ4n) is 1.13. The Labute approximate surface area is 72.6 Å². The van der Waals surface area contributed by atoms with Gasteiger partial charge < -0.3 is 5.73 Å². The molecule has 0 spiro atoms. The summed E-state index contributed by atoms with van der Waals surface area (Å²) in [7, 11) is 1.88. The van der Waals surface area contributed by atoms with Gasteiger partial charge in [-0.15, -0.1) is 12.3 Å². The molecule has 1 aromatic heterocycles. The minimum absolute atomic E-state index is 0.00792. The molecular weight excluding hydrogens is 150 g/mol. The lowest BCUT2D eigenvalue weighted by atomic mass is 10.1. The largest absolute Gasteiger partial charge is 0.323 e. The van der Waals surface area contributed by atoms with Gasteiger partial charge in [-0.25, -0.2) is 0 Å². The van der Waals surface area contributed by atoms with E-state index in [-0.39, 0.29) is 6.04 Å². The molecule has 1 rings (SSSR count). The van der Waals surface area contributed by atoms with Crippen LogP contribution in [0.1, 0.15) is 24.6 Å². The van der Waals surface area contributed by atoms with Crippen LogP contribution in [0.4, 0.5) is 0 Å². The first-order valence-corrected chi connectivity index (χ1v) is 3.92. The number of aryl methyl sites for hydroxylation is 1. The average molecular weight is 163 g/mol. The summed E-state index contributed by atoms with van der Waals surface area (Å²) in [4.78, 5) is 0. The van der Waals surface area contributed by atoms with Gasteiger partial charge in [0.15, 0.2) is 0 Å². The van der Waals surface area contributed by atoms with Crippen molar-refractivity contribution in [3.63, 3.8) is 0 Å². The fraction of sp³-hybridized carbons (Fsp3) is 0.444. The molecule has 0 bridgehead atoms. The van der Waals surface area contributed by atoms with Crippen LogP contribution in [-0.4, -0.2) is 9.78 Å². The summed E-state index contributed by atoms with van der Waals surface area (Å²) in [6.45, 7) is 0. The molecule has 2 N–H and O–H groups in total. The Kier molecular flexibility index (Phi) is 2.89. The van der Waals surface area contributed by atoms with Gasteiger partial charge in [0.25, 0.3) is 0 Å². The van der Waals surface area contributed by atoms with Gasteiger partial charge in [0.05, 0.1) is 5.69 Å². The SMILES string of the molecule is C#CCCC(N)c1ccnn1C. The van der Waals surface area contributed by atoms with Gasteiger partial charge in [-0.3, -0.25) is 4.68 Å². The van der Waals surface area contributed by atoms with Crippen molar-refractivity contribution < 1.29 is 0 Å². The van der Waals surface area contributed by atoms with Crippen molar-refractivity contribution in [3.8, 4) is 12.3 Å². The minimum atomic E-state index is 0.00792. The van der Waals surface area contributed by atoms with E-state index in [9.17, 15) is 0 Å². The average Bonchev–Trinajstić information content (AvgIpc) is 2.47. The van der Waals surface area contributed by atoms with E-state index >= 15 is 0 Å². The van der Waals surface area contributed by atoms with Gasteiger partial charge in [-0.2, -0.15) is 5.10 Å². The van der Waals surface area contributed by atoms with Crippen LogP contribution in [0, 0.1) is 12.3 Å². The molecule has 0 amide bonds. The summed E-state index contributed by atoms with van der Waals surface area (Å²) >= 11 is 0. The molecule has 1 atom stereocenters. The van der Waals surface area contributed by atoms with Gasteiger partial charge in [0, 0.05) is 25.7 Å². The first-order valence-electron chi connectivity index (χ1n) is 3.92. The molecule has 3 heteroatoms. The zero-order valence-electron chi connectivity index (χ0n) is 7.20. The molecule has 0 aliphatic carbocycles. The maximum atomic E-state index is 5.87. The molecule has 1 heterocycles. The molecule has 0 fully saturated rings. The van der Waals surface area contributed by atoms with E-state index in [4.69, 9.17) is 12.2 Å². The van der Waals surface area contributed by atoms with Crippen LogP contribution in [0.15, 0.2) is 12.3 Å². The highest BCUT2D eigenvalue weighted by atomic mass is 15.3. The van der Waals surface area contributed by atoms with E-state index in [0.717, 1.165) is 12.1 Å². The third-order valence-electron chi connectivity index (χ3n) is 1.84. The lowest BCUT2D eigenvalue weighted by Crippen LogP contribution is -2.14. The van der Waals surface area contributed by atoms with Crippen molar-refractivity contribution in [3.05, 3.63) is 18.0 Å². The number of nitrogens with zero attached hydrogens (tertiary/aromatic N) is 2. The second-order valence-electron chi connectivity index (χ2n) is 2.73. The number of rotatable bonds is 3. The van der Waals surface area contributed by atoms with E-state index in [1.807, 2.05) is 13.1 Å². The smallest absolute Gasteiger partial charge is 0.0548 e. The predicted octanol–water partition coefficient (Wildman–Crippen LogP) is 0.833. The molecule has 0 saturated carbocycles. The van der Waals surface area contributed by atoms with Gasteiger partial charge >= 0.3 is 0 Å². The Morgan fingerprint density at radius 3 is 3.08 bits per heavy atom. The van der Waals surface area contributed by atoms with Crippen LogP contribution in [0.3, 0.4) is 0 Å². The Morgan fingerprint density at radius 1 is 1.83 bits per heavy atom. The first-order chi connectivity index (χ1) is 5.75. The first kappa shape index (κ1) is 8.82. The number of nitrogens with two attached hydrogens (primary N) is 1. The quantitative estimate of drug-likeness (QED) is 0.671. The van der Waals surface area contributed by atoms with Crippen LogP contribution in [0.2, 0.25) is 0 Å². The Morgan fingerprint density at radius 2 is 2.58 bits per heavy atom.